The zero-order chi connectivity index (χ0) is 13.7. The van der Waals surface area contributed by atoms with Gasteiger partial charge in [-0.3, -0.25) is 4.79 Å². The molecule has 0 spiro atoms. The van der Waals surface area contributed by atoms with Crippen molar-refractivity contribution in [3.63, 3.8) is 0 Å². The lowest BCUT2D eigenvalue weighted by Gasteiger charge is -2.29. The minimum atomic E-state index is -0.522. The minimum absolute atomic E-state index is 0. The Labute approximate surface area is 126 Å². The predicted octanol–water partition coefficient (Wildman–Crippen LogP) is 2.05. The van der Waals surface area contributed by atoms with Crippen molar-refractivity contribution >= 4 is 18.3 Å². The van der Waals surface area contributed by atoms with Gasteiger partial charge in [0, 0.05) is 19.2 Å². The molecule has 1 saturated heterocycles. The molecule has 3 atom stereocenters. The van der Waals surface area contributed by atoms with E-state index in [1.54, 1.807) is 7.11 Å². The number of piperidine rings is 1. The first-order valence-electron chi connectivity index (χ1n) is 6.82. The Kier molecular flexibility index (Phi) is 6.99. The lowest BCUT2D eigenvalue weighted by molar-refractivity contribution is -0.132. The van der Waals surface area contributed by atoms with Crippen molar-refractivity contribution in [3.8, 4) is 0 Å². The first-order chi connectivity index (χ1) is 9.20. The highest BCUT2D eigenvalue weighted by Crippen LogP contribution is 2.17. The average Bonchev–Trinajstić information content (AvgIpc) is 2.41. The summed E-state index contributed by atoms with van der Waals surface area (Å²) in [5.74, 6) is -0.0483. The fourth-order valence-corrected chi connectivity index (χ4v) is 2.56. The van der Waals surface area contributed by atoms with Crippen molar-refractivity contribution < 1.29 is 9.53 Å². The van der Waals surface area contributed by atoms with Crippen molar-refractivity contribution in [2.24, 2.45) is 0 Å². The lowest BCUT2D eigenvalue weighted by Crippen LogP contribution is -2.47. The van der Waals surface area contributed by atoms with E-state index in [1.165, 1.54) is 0 Å². The molecule has 1 amide bonds. The van der Waals surface area contributed by atoms with Crippen LogP contribution in [-0.2, 0) is 9.53 Å². The maximum atomic E-state index is 12.3. The molecule has 0 aliphatic carbocycles. The van der Waals surface area contributed by atoms with E-state index in [9.17, 15) is 4.79 Å². The van der Waals surface area contributed by atoms with Crippen LogP contribution < -0.4 is 10.6 Å². The van der Waals surface area contributed by atoms with Crippen LogP contribution in [0.5, 0.6) is 0 Å². The monoisotopic (exact) mass is 298 g/mol. The number of benzene rings is 1. The summed E-state index contributed by atoms with van der Waals surface area (Å²) in [6.07, 6.45) is 1.42. The van der Waals surface area contributed by atoms with Crippen LogP contribution in [0.25, 0.3) is 0 Å². The van der Waals surface area contributed by atoms with Gasteiger partial charge in [-0.2, -0.15) is 0 Å². The number of nitrogens with one attached hydrogen (secondary N) is 2. The highest BCUT2D eigenvalue weighted by Gasteiger charge is 2.25. The van der Waals surface area contributed by atoms with Gasteiger partial charge >= 0.3 is 0 Å². The second-order valence-corrected chi connectivity index (χ2v) is 5.11. The summed E-state index contributed by atoms with van der Waals surface area (Å²) in [5.41, 5.74) is 0.893. The SMILES string of the molecule is COC(C(=O)NC1CCNC(C)C1)c1ccccc1.Cl. The van der Waals surface area contributed by atoms with Crippen LogP contribution in [0, 0.1) is 0 Å². The van der Waals surface area contributed by atoms with Gasteiger partial charge < -0.3 is 15.4 Å². The van der Waals surface area contributed by atoms with Crippen molar-refractivity contribution in [2.45, 2.75) is 38.0 Å². The molecular formula is C15H23ClN2O2. The molecule has 20 heavy (non-hydrogen) atoms. The maximum Gasteiger partial charge on any atom is 0.253 e. The van der Waals surface area contributed by atoms with Crippen molar-refractivity contribution in [1.29, 1.82) is 0 Å². The molecule has 3 unspecified atom stereocenters. The molecule has 0 bridgehead atoms. The molecule has 0 aromatic heterocycles. The molecule has 1 aliphatic heterocycles. The predicted molar refractivity (Wildman–Crippen MR) is 82.1 cm³/mol. The van der Waals surface area contributed by atoms with Gasteiger partial charge in [-0.15, -0.1) is 12.4 Å². The second kappa shape index (κ2) is 8.25. The molecule has 5 heteroatoms. The van der Waals surface area contributed by atoms with E-state index in [1.807, 2.05) is 30.3 Å². The Morgan fingerprint density at radius 1 is 1.40 bits per heavy atom. The van der Waals surface area contributed by atoms with Gasteiger partial charge in [-0.1, -0.05) is 30.3 Å². The number of methoxy groups -OCH3 is 1. The molecule has 1 fully saturated rings. The van der Waals surface area contributed by atoms with Crippen LogP contribution in [0.4, 0.5) is 0 Å². The molecule has 0 radical (unpaired) electrons. The number of hydrogen-bond acceptors (Lipinski definition) is 3. The number of ether oxygens (including phenoxy) is 1. The van der Waals surface area contributed by atoms with Gasteiger partial charge in [0.2, 0.25) is 0 Å². The number of halogens is 1. The van der Waals surface area contributed by atoms with Crippen LogP contribution in [0.15, 0.2) is 30.3 Å². The molecule has 2 rings (SSSR count). The topological polar surface area (TPSA) is 50.4 Å². The normalized spacial score (nSPS) is 23.5. The molecule has 1 heterocycles. The van der Waals surface area contributed by atoms with E-state index in [4.69, 9.17) is 4.74 Å². The average molecular weight is 299 g/mol. The Hall–Kier alpha value is -1.10. The number of amides is 1. The van der Waals surface area contributed by atoms with Gasteiger partial charge in [0.25, 0.3) is 5.91 Å². The Bertz CT molecular complexity index is 414. The Balaban J connectivity index is 0.00000200. The summed E-state index contributed by atoms with van der Waals surface area (Å²) in [6.45, 7) is 3.10. The summed E-state index contributed by atoms with van der Waals surface area (Å²) < 4.78 is 5.34. The Morgan fingerprint density at radius 3 is 2.70 bits per heavy atom. The molecule has 2 N–H and O–H groups in total. The van der Waals surface area contributed by atoms with Gasteiger partial charge in [0.1, 0.15) is 0 Å². The zero-order valence-electron chi connectivity index (χ0n) is 12.0. The first-order valence-corrected chi connectivity index (χ1v) is 6.82. The summed E-state index contributed by atoms with van der Waals surface area (Å²) >= 11 is 0. The quantitative estimate of drug-likeness (QED) is 0.894. The van der Waals surface area contributed by atoms with E-state index in [2.05, 4.69) is 17.6 Å². The van der Waals surface area contributed by atoms with E-state index in [-0.39, 0.29) is 24.4 Å². The van der Waals surface area contributed by atoms with Gasteiger partial charge in [-0.05, 0) is 31.9 Å². The van der Waals surface area contributed by atoms with Gasteiger partial charge in [-0.25, -0.2) is 0 Å². The zero-order valence-corrected chi connectivity index (χ0v) is 12.8. The van der Waals surface area contributed by atoms with Crippen LogP contribution in [-0.4, -0.2) is 31.6 Å². The fourth-order valence-electron chi connectivity index (χ4n) is 2.56. The maximum absolute atomic E-state index is 12.3. The highest BCUT2D eigenvalue weighted by molar-refractivity contribution is 5.85. The van der Waals surface area contributed by atoms with Crippen molar-refractivity contribution in [2.75, 3.05) is 13.7 Å². The van der Waals surface area contributed by atoms with E-state index >= 15 is 0 Å². The second-order valence-electron chi connectivity index (χ2n) is 5.11. The lowest BCUT2D eigenvalue weighted by atomic mass is 10.00. The Morgan fingerprint density at radius 2 is 2.10 bits per heavy atom. The standard InChI is InChI=1S/C15H22N2O2.ClH/c1-11-10-13(8-9-16-11)17-15(18)14(19-2)12-6-4-3-5-7-12;/h3-7,11,13-14,16H,8-10H2,1-2H3,(H,17,18);1H. The first kappa shape index (κ1) is 17.0. The fraction of sp³-hybridized carbons (Fsp3) is 0.533. The molecule has 0 saturated carbocycles. The van der Waals surface area contributed by atoms with Crippen LogP contribution in [0.2, 0.25) is 0 Å². The van der Waals surface area contributed by atoms with Crippen LogP contribution in [0.3, 0.4) is 0 Å². The minimum Gasteiger partial charge on any atom is -0.367 e. The number of hydrogen-bond donors (Lipinski definition) is 2. The van der Waals surface area contributed by atoms with E-state index in [0.29, 0.717) is 6.04 Å². The van der Waals surface area contributed by atoms with Gasteiger partial charge in [0.15, 0.2) is 6.10 Å². The largest absolute Gasteiger partial charge is 0.367 e. The smallest absolute Gasteiger partial charge is 0.253 e. The molecule has 4 nitrogen and oxygen atoms in total. The molecule has 112 valence electrons. The summed E-state index contributed by atoms with van der Waals surface area (Å²) in [7, 11) is 1.57. The van der Waals surface area contributed by atoms with Crippen LogP contribution in [0.1, 0.15) is 31.4 Å². The molecular weight excluding hydrogens is 276 g/mol. The number of rotatable bonds is 4. The molecule has 1 aromatic rings. The third-order valence-corrected chi connectivity index (χ3v) is 3.55. The van der Waals surface area contributed by atoms with Crippen LogP contribution >= 0.6 is 12.4 Å². The summed E-state index contributed by atoms with van der Waals surface area (Å²) in [4.78, 5) is 12.3. The van der Waals surface area contributed by atoms with E-state index in [0.717, 1.165) is 24.9 Å². The molecule has 1 aromatic carbocycles. The third kappa shape index (κ3) is 4.47. The van der Waals surface area contributed by atoms with Crippen molar-refractivity contribution in [1.82, 2.24) is 10.6 Å². The number of carbonyl (C=O) groups is 1. The van der Waals surface area contributed by atoms with Gasteiger partial charge in [0.05, 0.1) is 0 Å². The number of carbonyl (C=O) groups excluding carboxylic acids is 1. The highest BCUT2D eigenvalue weighted by atomic mass is 35.5. The van der Waals surface area contributed by atoms with E-state index < -0.39 is 6.10 Å². The third-order valence-electron chi connectivity index (χ3n) is 3.55. The summed E-state index contributed by atoms with van der Waals surface area (Å²) in [5, 5.41) is 6.47. The summed E-state index contributed by atoms with van der Waals surface area (Å²) in [6, 6.07) is 10.3. The van der Waals surface area contributed by atoms with Crippen molar-refractivity contribution in [3.05, 3.63) is 35.9 Å². The molecule has 1 aliphatic rings.